The van der Waals surface area contributed by atoms with E-state index in [9.17, 15) is 4.39 Å². The van der Waals surface area contributed by atoms with Gasteiger partial charge in [0.15, 0.2) is 11.6 Å². The molecule has 6 nitrogen and oxygen atoms in total. The van der Waals surface area contributed by atoms with Crippen molar-refractivity contribution in [2.45, 2.75) is 57.7 Å². The average molecular weight is 496 g/mol. The molecule has 2 heterocycles. The third-order valence-electron chi connectivity index (χ3n) is 6.95. The van der Waals surface area contributed by atoms with Crippen molar-refractivity contribution >= 4 is 0 Å². The van der Waals surface area contributed by atoms with Crippen molar-refractivity contribution in [3.63, 3.8) is 0 Å². The summed E-state index contributed by atoms with van der Waals surface area (Å²) < 4.78 is 33.9. The molecule has 0 N–H and O–H groups in total. The van der Waals surface area contributed by atoms with Crippen molar-refractivity contribution in [3.05, 3.63) is 78.1 Å². The first-order valence-electron chi connectivity index (χ1n) is 12.9. The summed E-state index contributed by atoms with van der Waals surface area (Å²) in [6.45, 7) is 8.81. The monoisotopic (exact) mass is 495 g/mol. The summed E-state index contributed by atoms with van der Waals surface area (Å²) in [5.41, 5.74) is 0.853. The summed E-state index contributed by atoms with van der Waals surface area (Å²) in [7, 11) is 1.73. The summed E-state index contributed by atoms with van der Waals surface area (Å²) in [6.07, 6.45) is 6.58. The number of methoxy groups -OCH3 is 1. The molecule has 3 aromatic rings. The maximum Gasteiger partial charge on any atom is 0.165 e. The van der Waals surface area contributed by atoms with Crippen molar-refractivity contribution in [3.8, 4) is 11.5 Å². The minimum absolute atomic E-state index is 0.280. The molecule has 1 atom stereocenters. The lowest BCUT2D eigenvalue weighted by atomic mass is 9.95. The first-order chi connectivity index (χ1) is 17.5. The lowest BCUT2D eigenvalue weighted by molar-refractivity contribution is -0.0548. The second-order valence-corrected chi connectivity index (χ2v) is 9.86. The topological polar surface area (TPSA) is 48.8 Å². The molecule has 4 rings (SSSR count). The Morgan fingerprint density at radius 3 is 2.58 bits per heavy atom. The molecule has 0 spiro atoms. The van der Waals surface area contributed by atoms with E-state index in [-0.39, 0.29) is 11.6 Å². The lowest BCUT2D eigenvalue weighted by Crippen LogP contribution is -2.39. The third kappa shape index (κ3) is 6.86. The molecule has 0 aliphatic carbocycles. The quantitative estimate of drug-likeness (QED) is 0.343. The SMILES string of the molecule is CO[C@@]1(COc2ccccc2F)CCCN(Cc2ccc(OCCn3ccnc3C(C)C)cc2)CC1. The molecule has 1 fully saturated rings. The molecule has 194 valence electrons. The van der Waals surface area contributed by atoms with Gasteiger partial charge in [0.1, 0.15) is 30.4 Å². The number of hydrogen-bond donors (Lipinski definition) is 0. The minimum Gasteiger partial charge on any atom is -0.492 e. The Hall–Kier alpha value is -2.90. The lowest BCUT2D eigenvalue weighted by Gasteiger charge is -2.31. The first kappa shape index (κ1) is 26.2. The zero-order valence-electron chi connectivity index (χ0n) is 21.7. The molecule has 0 unspecified atom stereocenters. The fourth-order valence-corrected chi connectivity index (χ4v) is 4.78. The predicted octanol–water partition coefficient (Wildman–Crippen LogP) is 5.67. The Balaban J connectivity index is 1.25. The van der Waals surface area contributed by atoms with E-state index in [4.69, 9.17) is 14.2 Å². The number of ether oxygens (including phenoxy) is 3. The van der Waals surface area contributed by atoms with Gasteiger partial charge in [0.25, 0.3) is 0 Å². The van der Waals surface area contributed by atoms with Crippen LogP contribution in [-0.2, 0) is 17.8 Å². The van der Waals surface area contributed by atoms with Crippen LogP contribution in [0.4, 0.5) is 4.39 Å². The standard InChI is InChI=1S/C29H38FN3O3/c1-23(2)28-31-15-18-33(28)19-20-35-25-11-9-24(10-12-25)21-32-16-6-13-29(34-3,14-17-32)22-36-27-8-5-4-7-26(27)30/h4-5,7-12,15,18,23H,6,13-14,16-17,19-22H2,1-3H3/t29-/m0/s1. The van der Waals surface area contributed by atoms with Gasteiger partial charge >= 0.3 is 0 Å². The van der Waals surface area contributed by atoms with Gasteiger partial charge in [0.05, 0.1) is 6.54 Å². The summed E-state index contributed by atoms with van der Waals surface area (Å²) in [6, 6.07) is 14.9. The zero-order valence-corrected chi connectivity index (χ0v) is 21.7. The highest BCUT2D eigenvalue weighted by Crippen LogP contribution is 2.29. The molecule has 0 amide bonds. The van der Waals surface area contributed by atoms with Crippen LogP contribution in [-0.4, -0.2) is 53.5 Å². The first-order valence-corrected chi connectivity index (χ1v) is 12.9. The Morgan fingerprint density at radius 2 is 1.83 bits per heavy atom. The molecule has 1 aliphatic heterocycles. The fourth-order valence-electron chi connectivity index (χ4n) is 4.78. The van der Waals surface area contributed by atoms with Crippen LogP contribution in [0, 0.1) is 5.82 Å². The second-order valence-electron chi connectivity index (χ2n) is 9.86. The second kappa shape index (κ2) is 12.4. The van der Waals surface area contributed by atoms with Crippen LogP contribution in [0.1, 0.15) is 50.4 Å². The number of hydrogen-bond acceptors (Lipinski definition) is 5. The predicted molar refractivity (Wildman–Crippen MR) is 139 cm³/mol. The maximum atomic E-state index is 14.0. The van der Waals surface area contributed by atoms with E-state index in [1.54, 1.807) is 25.3 Å². The normalized spacial score (nSPS) is 18.8. The Labute approximate surface area is 214 Å². The molecule has 0 radical (unpaired) electrons. The summed E-state index contributed by atoms with van der Waals surface area (Å²) in [5, 5.41) is 0. The Morgan fingerprint density at radius 1 is 1.03 bits per heavy atom. The van der Waals surface area contributed by atoms with Crippen LogP contribution in [0.25, 0.3) is 0 Å². The van der Waals surface area contributed by atoms with E-state index >= 15 is 0 Å². The minimum atomic E-state index is -0.403. The molecule has 1 aromatic heterocycles. The summed E-state index contributed by atoms with van der Waals surface area (Å²) in [4.78, 5) is 6.88. The number of imidazole rings is 1. The molecule has 7 heteroatoms. The van der Waals surface area contributed by atoms with E-state index < -0.39 is 5.60 Å². The molecular weight excluding hydrogens is 457 g/mol. The van der Waals surface area contributed by atoms with Crippen LogP contribution < -0.4 is 9.47 Å². The molecule has 2 aromatic carbocycles. The van der Waals surface area contributed by atoms with Crippen molar-refractivity contribution < 1.29 is 18.6 Å². The highest BCUT2D eigenvalue weighted by molar-refractivity contribution is 5.27. The molecule has 36 heavy (non-hydrogen) atoms. The van der Waals surface area contributed by atoms with Crippen molar-refractivity contribution in [1.82, 2.24) is 14.5 Å². The zero-order chi connectivity index (χ0) is 25.4. The van der Waals surface area contributed by atoms with Gasteiger partial charge in [0.2, 0.25) is 0 Å². The number of rotatable bonds is 11. The molecule has 0 bridgehead atoms. The number of para-hydroxylation sites is 1. The molecular formula is C29H38FN3O3. The number of nitrogens with zero attached hydrogens (tertiary/aromatic N) is 3. The highest BCUT2D eigenvalue weighted by atomic mass is 19.1. The third-order valence-corrected chi connectivity index (χ3v) is 6.95. The number of likely N-dealkylation sites (tertiary alicyclic amines) is 1. The fraction of sp³-hybridized carbons (Fsp3) is 0.483. The Kier molecular flexibility index (Phi) is 8.99. The molecule has 0 saturated carbocycles. The van der Waals surface area contributed by atoms with E-state index in [1.165, 1.54) is 11.6 Å². The summed E-state index contributed by atoms with van der Waals surface area (Å²) in [5.74, 6) is 2.30. The van der Waals surface area contributed by atoms with Gasteiger partial charge in [-0.25, -0.2) is 9.37 Å². The largest absolute Gasteiger partial charge is 0.492 e. The Bertz CT molecular complexity index is 1090. The van der Waals surface area contributed by atoms with Crippen LogP contribution in [0.3, 0.4) is 0 Å². The van der Waals surface area contributed by atoms with Gasteiger partial charge in [-0.2, -0.15) is 0 Å². The number of benzene rings is 2. The van der Waals surface area contributed by atoms with Crippen LogP contribution in [0.15, 0.2) is 60.9 Å². The van der Waals surface area contributed by atoms with Crippen LogP contribution >= 0.6 is 0 Å². The van der Waals surface area contributed by atoms with E-state index in [1.807, 2.05) is 24.5 Å². The number of halogens is 1. The van der Waals surface area contributed by atoms with Crippen molar-refractivity contribution in [2.75, 3.05) is 33.4 Å². The molecule has 1 saturated heterocycles. The van der Waals surface area contributed by atoms with Gasteiger partial charge in [-0.1, -0.05) is 38.1 Å². The van der Waals surface area contributed by atoms with E-state index in [2.05, 4.69) is 40.4 Å². The van der Waals surface area contributed by atoms with Gasteiger partial charge in [-0.05, 0) is 55.6 Å². The van der Waals surface area contributed by atoms with E-state index in [0.29, 0.717) is 19.1 Å². The maximum absolute atomic E-state index is 14.0. The number of aromatic nitrogens is 2. The van der Waals surface area contributed by atoms with Crippen molar-refractivity contribution in [1.29, 1.82) is 0 Å². The summed E-state index contributed by atoms with van der Waals surface area (Å²) >= 11 is 0. The highest BCUT2D eigenvalue weighted by Gasteiger charge is 2.34. The van der Waals surface area contributed by atoms with Crippen LogP contribution in [0.5, 0.6) is 11.5 Å². The van der Waals surface area contributed by atoms with Gasteiger partial charge in [-0.3, -0.25) is 4.90 Å². The smallest absolute Gasteiger partial charge is 0.165 e. The van der Waals surface area contributed by atoms with Crippen molar-refractivity contribution in [2.24, 2.45) is 0 Å². The average Bonchev–Trinajstić information content (AvgIpc) is 3.27. The van der Waals surface area contributed by atoms with Gasteiger partial charge in [-0.15, -0.1) is 0 Å². The van der Waals surface area contributed by atoms with Gasteiger partial charge < -0.3 is 18.8 Å². The molecule has 1 aliphatic rings. The van der Waals surface area contributed by atoms with Gasteiger partial charge in [0, 0.05) is 38.5 Å². The van der Waals surface area contributed by atoms with Crippen LogP contribution in [0.2, 0.25) is 0 Å². The van der Waals surface area contributed by atoms with E-state index in [0.717, 1.165) is 57.0 Å².